The van der Waals surface area contributed by atoms with Crippen LogP contribution in [0.1, 0.15) is 35.2 Å². The first-order chi connectivity index (χ1) is 10.4. The normalized spacial score (nSPS) is 12.0. The fourth-order valence-corrected chi connectivity index (χ4v) is 2.56. The van der Waals surface area contributed by atoms with Gasteiger partial charge in [-0.05, 0) is 44.0 Å². The Bertz CT molecular complexity index is 630. The first kappa shape index (κ1) is 16.0. The van der Waals surface area contributed by atoms with Crippen molar-refractivity contribution in [3.8, 4) is 0 Å². The molecule has 0 heterocycles. The fourth-order valence-electron chi connectivity index (χ4n) is 2.56. The smallest absolute Gasteiger partial charge is 0.316 e. The van der Waals surface area contributed by atoms with E-state index in [-0.39, 0.29) is 6.04 Å². The Morgan fingerprint density at radius 1 is 1.09 bits per heavy atom. The van der Waals surface area contributed by atoms with Crippen LogP contribution in [0.15, 0.2) is 42.5 Å². The molecule has 0 saturated heterocycles. The van der Waals surface area contributed by atoms with Crippen LogP contribution in [-0.2, 0) is 6.54 Å². The number of benzene rings is 2. The summed E-state index contributed by atoms with van der Waals surface area (Å²) in [5.74, 6) is 0. The molecule has 22 heavy (non-hydrogen) atoms. The molecule has 0 saturated carbocycles. The molecule has 0 radical (unpaired) electrons. The van der Waals surface area contributed by atoms with Crippen LogP contribution in [0, 0.1) is 13.8 Å². The van der Waals surface area contributed by atoms with E-state index >= 15 is 0 Å². The lowest BCUT2D eigenvalue weighted by molar-refractivity contribution is 0.259. The number of nitrogens with two attached hydrogens (primary N) is 1. The lowest BCUT2D eigenvalue weighted by Crippen LogP contribution is -2.20. The van der Waals surface area contributed by atoms with E-state index < -0.39 is 6.03 Å². The Labute approximate surface area is 131 Å². The van der Waals surface area contributed by atoms with Gasteiger partial charge in [-0.2, -0.15) is 0 Å². The lowest BCUT2D eigenvalue weighted by Gasteiger charge is -2.15. The summed E-state index contributed by atoms with van der Waals surface area (Å²) >= 11 is 0. The van der Waals surface area contributed by atoms with Gasteiger partial charge in [0.1, 0.15) is 0 Å². The number of amides is 2. The minimum atomic E-state index is -0.547. The fraction of sp³-hybridized carbons (Fsp3) is 0.278. The van der Waals surface area contributed by atoms with Gasteiger partial charge >= 0.3 is 6.03 Å². The van der Waals surface area contributed by atoms with Crippen LogP contribution in [0.2, 0.25) is 0 Å². The number of hydrogen-bond acceptors (Lipinski definition) is 2. The van der Waals surface area contributed by atoms with Crippen molar-refractivity contribution < 1.29 is 4.79 Å². The van der Waals surface area contributed by atoms with Gasteiger partial charge in [-0.15, -0.1) is 0 Å². The number of hydrogen-bond donors (Lipinski definition) is 3. The second-order valence-electron chi connectivity index (χ2n) is 5.71. The summed E-state index contributed by atoms with van der Waals surface area (Å²) in [6, 6.07) is 14.0. The lowest BCUT2D eigenvalue weighted by atomic mass is 10.1. The highest BCUT2D eigenvalue weighted by Crippen LogP contribution is 2.17. The van der Waals surface area contributed by atoms with Crippen molar-refractivity contribution in [1.29, 1.82) is 0 Å². The standard InChI is InChI=1S/C18H23N3O/c1-12-8-13(2)10-15(9-12)11-20-14(3)16-4-6-17(7-5-16)21-18(19)22/h4-10,14,20H,11H2,1-3H3,(H3,19,21,22). The van der Waals surface area contributed by atoms with Crippen LogP contribution in [0.4, 0.5) is 10.5 Å². The molecular formula is C18H23N3O. The molecule has 4 N–H and O–H groups in total. The zero-order valence-electron chi connectivity index (χ0n) is 13.3. The highest BCUT2D eigenvalue weighted by Gasteiger charge is 2.06. The summed E-state index contributed by atoms with van der Waals surface area (Å²) in [5.41, 5.74) is 10.8. The largest absolute Gasteiger partial charge is 0.351 e. The first-order valence-corrected chi connectivity index (χ1v) is 7.41. The summed E-state index contributed by atoms with van der Waals surface area (Å²) in [7, 11) is 0. The third kappa shape index (κ3) is 4.60. The van der Waals surface area contributed by atoms with Crippen molar-refractivity contribution in [2.45, 2.75) is 33.4 Å². The van der Waals surface area contributed by atoms with E-state index in [4.69, 9.17) is 5.73 Å². The summed E-state index contributed by atoms with van der Waals surface area (Å²) < 4.78 is 0. The SMILES string of the molecule is Cc1cc(C)cc(CNC(C)c2ccc(NC(N)=O)cc2)c1. The zero-order valence-corrected chi connectivity index (χ0v) is 13.3. The molecule has 1 unspecified atom stereocenters. The number of aryl methyl sites for hydroxylation is 2. The maximum atomic E-state index is 10.8. The van der Waals surface area contributed by atoms with Crippen LogP contribution in [0.25, 0.3) is 0 Å². The molecule has 0 aliphatic heterocycles. The molecule has 1 atom stereocenters. The van der Waals surface area contributed by atoms with Crippen molar-refractivity contribution in [1.82, 2.24) is 5.32 Å². The van der Waals surface area contributed by atoms with Gasteiger partial charge in [0.05, 0.1) is 0 Å². The summed E-state index contributed by atoms with van der Waals surface area (Å²) in [4.78, 5) is 10.8. The molecule has 0 fully saturated rings. The van der Waals surface area contributed by atoms with Crippen molar-refractivity contribution >= 4 is 11.7 Å². The number of rotatable bonds is 5. The molecule has 0 aliphatic carbocycles. The topological polar surface area (TPSA) is 67.2 Å². The van der Waals surface area contributed by atoms with Crippen LogP contribution in [0.3, 0.4) is 0 Å². The van der Waals surface area contributed by atoms with Gasteiger partial charge in [0, 0.05) is 18.3 Å². The van der Waals surface area contributed by atoms with Gasteiger partial charge in [0.15, 0.2) is 0 Å². The monoisotopic (exact) mass is 297 g/mol. The van der Waals surface area contributed by atoms with E-state index in [1.807, 2.05) is 24.3 Å². The van der Waals surface area contributed by atoms with Crippen LogP contribution < -0.4 is 16.4 Å². The van der Waals surface area contributed by atoms with Gasteiger partial charge in [-0.25, -0.2) is 4.79 Å². The average Bonchev–Trinajstić information content (AvgIpc) is 2.44. The van der Waals surface area contributed by atoms with Crippen LogP contribution in [-0.4, -0.2) is 6.03 Å². The van der Waals surface area contributed by atoms with Crippen LogP contribution in [0.5, 0.6) is 0 Å². The van der Waals surface area contributed by atoms with Gasteiger partial charge in [-0.3, -0.25) is 0 Å². The van der Waals surface area contributed by atoms with Crippen molar-refractivity contribution in [2.24, 2.45) is 5.73 Å². The highest BCUT2D eigenvalue weighted by molar-refractivity contribution is 5.87. The molecule has 0 bridgehead atoms. The molecule has 116 valence electrons. The van der Waals surface area contributed by atoms with Crippen LogP contribution >= 0.6 is 0 Å². The molecule has 2 amide bonds. The highest BCUT2D eigenvalue weighted by atomic mass is 16.2. The molecule has 0 aliphatic rings. The quantitative estimate of drug-likeness (QED) is 0.788. The Hall–Kier alpha value is -2.33. The third-order valence-electron chi connectivity index (χ3n) is 3.57. The van der Waals surface area contributed by atoms with Gasteiger partial charge < -0.3 is 16.4 Å². The van der Waals surface area contributed by atoms with Crippen molar-refractivity contribution in [3.05, 3.63) is 64.7 Å². The van der Waals surface area contributed by atoms with Crippen molar-refractivity contribution in [3.63, 3.8) is 0 Å². The number of primary amides is 1. The molecule has 4 nitrogen and oxygen atoms in total. The Kier molecular flexibility index (Phi) is 5.17. The molecule has 2 rings (SSSR count). The van der Waals surface area contributed by atoms with Crippen molar-refractivity contribution in [2.75, 3.05) is 5.32 Å². The van der Waals surface area contributed by atoms with E-state index in [9.17, 15) is 4.79 Å². The third-order valence-corrected chi connectivity index (χ3v) is 3.57. The molecule has 2 aromatic carbocycles. The van der Waals surface area contributed by atoms with Gasteiger partial charge in [0.2, 0.25) is 0 Å². The summed E-state index contributed by atoms with van der Waals surface area (Å²) in [6.07, 6.45) is 0. The second kappa shape index (κ2) is 7.09. The van der Waals surface area contributed by atoms with E-state index in [0.29, 0.717) is 5.69 Å². The number of urea groups is 1. The number of nitrogens with one attached hydrogen (secondary N) is 2. The average molecular weight is 297 g/mol. The van der Waals surface area contributed by atoms with E-state index in [1.165, 1.54) is 22.3 Å². The molecule has 0 aromatic heterocycles. The number of anilines is 1. The van der Waals surface area contributed by atoms with E-state index in [0.717, 1.165) is 6.54 Å². The maximum Gasteiger partial charge on any atom is 0.316 e. The maximum absolute atomic E-state index is 10.8. The number of carbonyl (C=O) groups is 1. The van der Waals surface area contributed by atoms with Gasteiger partial charge in [-0.1, -0.05) is 41.5 Å². The minimum absolute atomic E-state index is 0.225. The van der Waals surface area contributed by atoms with E-state index in [2.05, 4.69) is 49.6 Å². The summed E-state index contributed by atoms with van der Waals surface area (Å²) in [6.45, 7) is 7.18. The Morgan fingerprint density at radius 2 is 1.68 bits per heavy atom. The molecule has 4 heteroatoms. The first-order valence-electron chi connectivity index (χ1n) is 7.41. The number of carbonyl (C=O) groups excluding carboxylic acids is 1. The Balaban J connectivity index is 1.96. The van der Waals surface area contributed by atoms with Gasteiger partial charge in [0.25, 0.3) is 0 Å². The second-order valence-corrected chi connectivity index (χ2v) is 5.71. The van der Waals surface area contributed by atoms with E-state index in [1.54, 1.807) is 0 Å². The molecular weight excluding hydrogens is 274 g/mol. The molecule has 2 aromatic rings. The Morgan fingerprint density at radius 3 is 2.23 bits per heavy atom. The molecule has 0 spiro atoms. The predicted molar refractivity (Wildman–Crippen MR) is 90.8 cm³/mol. The minimum Gasteiger partial charge on any atom is -0.351 e. The predicted octanol–water partition coefficient (Wildman–Crippen LogP) is 3.64. The summed E-state index contributed by atoms with van der Waals surface area (Å²) in [5, 5.41) is 6.08. The zero-order chi connectivity index (χ0) is 16.1.